The zero-order valence-corrected chi connectivity index (χ0v) is 9.29. The molecule has 0 radical (unpaired) electrons. The van der Waals surface area contributed by atoms with Crippen LogP contribution in [-0.2, 0) is 6.54 Å². The Morgan fingerprint density at radius 2 is 2.29 bits per heavy atom. The molecule has 0 bridgehead atoms. The van der Waals surface area contributed by atoms with Crippen LogP contribution in [0.15, 0.2) is 29.0 Å². The zero-order chi connectivity index (χ0) is 11.8. The van der Waals surface area contributed by atoms with Crippen molar-refractivity contribution in [2.75, 3.05) is 5.73 Å². The highest BCUT2D eigenvalue weighted by molar-refractivity contribution is 5.78. The summed E-state index contributed by atoms with van der Waals surface area (Å²) in [6.07, 6.45) is 1.75. The van der Waals surface area contributed by atoms with Crippen molar-refractivity contribution in [3.05, 3.63) is 36.2 Å². The second kappa shape index (κ2) is 3.58. The molecule has 6 nitrogen and oxygen atoms in total. The van der Waals surface area contributed by atoms with Gasteiger partial charge in [0.05, 0.1) is 23.9 Å². The van der Waals surface area contributed by atoms with E-state index >= 15 is 0 Å². The molecule has 0 aliphatic carbocycles. The second-order valence-corrected chi connectivity index (χ2v) is 3.85. The smallest absolute Gasteiger partial charge is 0.223 e. The van der Waals surface area contributed by atoms with E-state index in [2.05, 4.69) is 15.1 Å². The van der Waals surface area contributed by atoms with E-state index in [9.17, 15) is 0 Å². The number of aryl methyl sites for hydroxylation is 1. The van der Waals surface area contributed by atoms with E-state index in [0.29, 0.717) is 23.9 Å². The van der Waals surface area contributed by atoms with Gasteiger partial charge in [-0.25, -0.2) is 4.98 Å². The minimum Gasteiger partial charge on any atom is -0.399 e. The van der Waals surface area contributed by atoms with Gasteiger partial charge in [0.15, 0.2) is 5.82 Å². The van der Waals surface area contributed by atoms with E-state index in [-0.39, 0.29) is 0 Å². The van der Waals surface area contributed by atoms with Crippen molar-refractivity contribution in [3.63, 3.8) is 0 Å². The summed E-state index contributed by atoms with van der Waals surface area (Å²) in [7, 11) is 0. The first-order chi connectivity index (χ1) is 8.22. The molecule has 0 aliphatic rings. The Hall–Kier alpha value is -2.37. The van der Waals surface area contributed by atoms with Crippen molar-refractivity contribution in [2.45, 2.75) is 13.5 Å². The van der Waals surface area contributed by atoms with Gasteiger partial charge in [-0.05, 0) is 18.2 Å². The highest BCUT2D eigenvalue weighted by atomic mass is 16.5. The van der Waals surface area contributed by atoms with Crippen molar-refractivity contribution in [1.29, 1.82) is 0 Å². The van der Waals surface area contributed by atoms with Crippen LogP contribution in [0.5, 0.6) is 0 Å². The van der Waals surface area contributed by atoms with Gasteiger partial charge in [0, 0.05) is 12.6 Å². The van der Waals surface area contributed by atoms with E-state index in [1.165, 1.54) is 0 Å². The van der Waals surface area contributed by atoms with Crippen molar-refractivity contribution < 1.29 is 4.52 Å². The molecule has 2 aromatic heterocycles. The van der Waals surface area contributed by atoms with Gasteiger partial charge < -0.3 is 14.8 Å². The molecule has 2 heterocycles. The summed E-state index contributed by atoms with van der Waals surface area (Å²) in [6, 6.07) is 5.62. The zero-order valence-electron chi connectivity index (χ0n) is 9.29. The third kappa shape index (κ3) is 1.73. The minimum absolute atomic E-state index is 0.539. The molecular weight excluding hydrogens is 218 g/mol. The SMILES string of the molecule is Cc1nc(Cn2cnc3cc(N)ccc32)no1. The average molecular weight is 229 g/mol. The summed E-state index contributed by atoms with van der Waals surface area (Å²) in [5.74, 6) is 1.20. The van der Waals surface area contributed by atoms with Crippen LogP contribution in [0, 0.1) is 6.92 Å². The Bertz CT molecular complexity index is 669. The Morgan fingerprint density at radius 1 is 1.41 bits per heavy atom. The Labute approximate surface area is 97.1 Å². The molecule has 0 atom stereocenters. The number of aromatic nitrogens is 4. The molecule has 3 rings (SSSR count). The topological polar surface area (TPSA) is 82.8 Å². The molecule has 0 fully saturated rings. The maximum atomic E-state index is 5.70. The lowest BCUT2D eigenvalue weighted by molar-refractivity contribution is 0.386. The number of fused-ring (bicyclic) bond motifs is 1. The largest absolute Gasteiger partial charge is 0.399 e. The van der Waals surface area contributed by atoms with E-state index in [4.69, 9.17) is 10.3 Å². The number of imidazole rings is 1. The first kappa shape index (κ1) is 9.83. The normalized spacial score (nSPS) is 11.1. The number of nitrogens with zero attached hydrogens (tertiary/aromatic N) is 4. The van der Waals surface area contributed by atoms with Crippen LogP contribution in [0.3, 0.4) is 0 Å². The van der Waals surface area contributed by atoms with Gasteiger partial charge in [-0.1, -0.05) is 5.16 Å². The molecule has 2 N–H and O–H groups in total. The van der Waals surface area contributed by atoms with Crippen LogP contribution in [-0.4, -0.2) is 19.7 Å². The van der Waals surface area contributed by atoms with Crippen LogP contribution in [0.1, 0.15) is 11.7 Å². The molecule has 1 aromatic carbocycles. The number of rotatable bonds is 2. The van der Waals surface area contributed by atoms with Crippen molar-refractivity contribution >= 4 is 16.7 Å². The third-order valence-corrected chi connectivity index (χ3v) is 2.53. The maximum absolute atomic E-state index is 5.70. The third-order valence-electron chi connectivity index (χ3n) is 2.53. The molecule has 17 heavy (non-hydrogen) atoms. The molecule has 86 valence electrons. The monoisotopic (exact) mass is 229 g/mol. The summed E-state index contributed by atoms with van der Waals surface area (Å²) in [5, 5.41) is 3.86. The minimum atomic E-state index is 0.539. The average Bonchev–Trinajstić information content (AvgIpc) is 2.86. The predicted molar refractivity (Wildman–Crippen MR) is 62.3 cm³/mol. The van der Waals surface area contributed by atoms with Crippen LogP contribution in [0.2, 0.25) is 0 Å². The lowest BCUT2D eigenvalue weighted by Gasteiger charge is -2.00. The molecular formula is C11H11N5O. The fourth-order valence-corrected chi connectivity index (χ4v) is 1.76. The van der Waals surface area contributed by atoms with E-state index in [0.717, 1.165) is 11.0 Å². The van der Waals surface area contributed by atoms with Crippen molar-refractivity contribution in [2.24, 2.45) is 0 Å². The lowest BCUT2D eigenvalue weighted by Crippen LogP contribution is -1.99. The Morgan fingerprint density at radius 3 is 3.06 bits per heavy atom. The van der Waals surface area contributed by atoms with Gasteiger partial charge in [0.25, 0.3) is 0 Å². The number of nitrogen functional groups attached to an aromatic ring is 1. The van der Waals surface area contributed by atoms with E-state index in [1.54, 1.807) is 13.3 Å². The number of benzene rings is 1. The fraction of sp³-hybridized carbons (Fsp3) is 0.182. The van der Waals surface area contributed by atoms with Crippen LogP contribution >= 0.6 is 0 Å². The maximum Gasteiger partial charge on any atom is 0.223 e. The first-order valence-electron chi connectivity index (χ1n) is 5.22. The highest BCUT2D eigenvalue weighted by Crippen LogP contribution is 2.16. The summed E-state index contributed by atoms with van der Waals surface area (Å²) in [5.41, 5.74) is 8.27. The highest BCUT2D eigenvalue weighted by Gasteiger charge is 2.07. The van der Waals surface area contributed by atoms with Crippen molar-refractivity contribution in [3.8, 4) is 0 Å². The molecule has 0 saturated carbocycles. The molecule has 0 aliphatic heterocycles. The molecule has 6 heteroatoms. The van der Waals surface area contributed by atoms with Gasteiger partial charge in [0.2, 0.25) is 5.89 Å². The lowest BCUT2D eigenvalue weighted by atomic mass is 10.3. The Balaban J connectivity index is 2.00. The molecule has 0 unspecified atom stereocenters. The molecule has 0 saturated heterocycles. The summed E-state index contributed by atoms with van der Waals surface area (Å²) in [4.78, 5) is 8.44. The van der Waals surface area contributed by atoms with Gasteiger partial charge in [0.1, 0.15) is 0 Å². The van der Waals surface area contributed by atoms with Crippen LogP contribution in [0.4, 0.5) is 5.69 Å². The molecule has 3 aromatic rings. The summed E-state index contributed by atoms with van der Waals surface area (Å²) < 4.78 is 6.89. The number of hydrogen-bond acceptors (Lipinski definition) is 5. The van der Waals surface area contributed by atoms with Crippen LogP contribution < -0.4 is 5.73 Å². The standard InChI is InChI=1S/C11H11N5O/c1-7-14-11(15-17-7)5-16-6-13-9-4-8(12)2-3-10(9)16/h2-4,6H,5,12H2,1H3. The summed E-state index contributed by atoms with van der Waals surface area (Å²) in [6.45, 7) is 2.31. The van der Waals surface area contributed by atoms with E-state index < -0.39 is 0 Å². The first-order valence-corrected chi connectivity index (χ1v) is 5.22. The molecule has 0 amide bonds. The molecule has 0 spiro atoms. The van der Waals surface area contributed by atoms with E-state index in [1.807, 2.05) is 22.8 Å². The number of hydrogen-bond donors (Lipinski definition) is 1. The van der Waals surface area contributed by atoms with Crippen molar-refractivity contribution in [1.82, 2.24) is 19.7 Å². The fourth-order valence-electron chi connectivity index (χ4n) is 1.76. The quantitative estimate of drug-likeness (QED) is 0.671. The number of anilines is 1. The van der Waals surface area contributed by atoms with Gasteiger partial charge in [-0.2, -0.15) is 4.98 Å². The second-order valence-electron chi connectivity index (χ2n) is 3.85. The van der Waals surface area contributed by atoms with Gasteiger partial charge >= 0.3 is 0 Å². The Kier molecular flexibility index (Phi) is 2.07. The van der Waals surface area contributed by atoms with Crippen LogP contribution in [0.25, 0.3) is 11.0 Å². The number of nitrogens with two attached hydrogens (primary N) is 1. The van der Waals surface area contributed by atoms with Gasteiger partial charge in [-0.15, -0.1) is 0 Å². The summed E-state index contributed by atoms with van der Waals surface area (Å²) >= 11 is 0. The van der Waals surface area contributed by atoms with Gasteiger partial charge in [-0.3, -0.25) is 0 Å². The predicted octanol–water partition coefficient (Wildman–Crippen LogP) is 1.36.